The van der Waals surface area contributed by atoms with Crippen LogP contribution in [-0.4, -0.2) is 30.5 Å². The first-order chi connectivity index (χ1) is 9.33. The lowest BCUT2D eigenvalue weighted by Crippen LogP contribution is -2.29. The molecule has 0 aromatic heterocycles. The number of benzene rings is 1. The Kier molecular flexibility index (Phi) is 5.82. The highest BCUT2D eigenvalue weighted by Crippen LogP contribution is 2.26. The lowest BCUT2D eigenvalue weighted by molar-refractivity contribution is -0.274. The summed E-state index contributed by atoms with van der Waals surface area (Å²) in [5.74, 6) is -1.15. The lowest BCUT2D eigenvalue weighted by Gasteiger charge is -2.14. The van der Waals surface area contributed by atoms with Gasteiger partial charge in [0, 0.05) is 13.2 Å². The van der Waals surface area contributed by atoms with Crippen LogP contribution in [0.2, 0.25) is 0 Å². The van der Waals surface area contributed by atoms with Gasteiger partial charge in [0.15, 0.2) is 0 Å². The van der Waals surface area contributed by atoms with Crippen molar-refractivity contribution >= 4 is 5.91 Å². The molecule has 0 heterocycles. The van der Waals surface area contributed by atoms with E-state index in [2.05, 4.69) is 10.1 Å². The summed E-state index contributed by atoms with van der Waals surface area (Å²) in [4.78, 5) is 11.8. The van der Waals surface area contributed by atoms with Crippen molar-refractivity contribution < 1.29 is 27.8 Å². The van der Waals surface area contributed by atoms with Crippen LogP contribution >= 0.6 is 0 Å². The number of para-hydroxylation sites is 1. The fraction of sp³-hybridized carbons (Fsp3) is 0.462. The molecule has 0 aliphatic rings. The van der Waals surface area contributed by atoms with Crippen LogP contribution in [0.15, 0.2) is 24.3 Å². The summed E-state index contributed by atoms with van der Waals surface area (Å²) in [6, 6.07) is 5.15. The van der Waals surface area contributed by atoms with Gasteiger partial charge in [0.1, 0.15) is 5.75 Å². The maximum Gasteiger partial charge on any atom is 0.573 e. The monoisotopic (exact) mass is 291 g/mol. The molecule has 0 fully saturated rings. The number of rotatable bonds is 6. The Morgan fingerprint density at radius 3 is 2.65 bits per heavy atom. The van der Waals surface area contributed by atoms with Crippen LogP contribution in [0.4, 0.5) is 13.2 Å². The Morgan fingerprint density at radius 2 is 2.05 bits per heavy atom. The molecular formula is C13H16F3NO3. The second-order valence-electron chi connectivity index (χ2n) is 4.37. The highest BCUT2D eigenvalue weighted by Gasteiger charge is 2.32. The number of aliphatic hydroxyl groups is 1. The SMILES string of the molecule is CC(CCO)CNC(=O)c1ccccc1OC(F)(F)F. The average molecular weight is 291 g/mol. The zero-order chi connectivity index (χ0) is 15.2. The quantitative estimate of drug-likeness (QED) is 0.845. The van der Waals surface area contributed by atoms with Crippen LogP contribution in [-0.2, 0) is 0 Å². The van der Waals surface area contributed by atoms with Crippen LogP contribution in [0.25, 0.3) is 0 Å². The van der Waals surface area contributed by atoms with E-state index in [1.54, 1.807) is 0 Å². The van der Waals surface area contributed by atoms with Gasteiger partial charge in [-0.05, 0) is 24.5 Å². The van der Waals surface area contributed by atoms with Crippen molar-refractivity contribution in [3.8, 4) is 5.75 Å². The third-order valence-electron chi connectivity index (χ3n) is 2.59. The van der Waals surface area contributed by atoms with Crippen LogP contribution in [0.1, 0.15) is 23.7 Å². The van der Waals surface area contributed by atoms with Gasteiger partial charge in [0.2, 0.25) is 0 Å². The van der Waals surface area contributed by atoms with Gasteiger partial charge < -0.3 is 15.2 Å². The van der Waals surface area contributed by atoms with E-state index in [4.69, 9.17) is 5.11 Å². The topological polar surface area (TPSA) is 58.6 Å². The number of hydrogen-bond acceptors (Lipinski definition) is 3. The van der Waals surface area contributed by atoms with Crippen molar-refractivity contribution in [1.29, 1.82) is 0 Å². The third-order valence-corrected chi connectivity index (χ3v) is 2.59. The molecule has 0 spiro atoms. The standard InChI is InChI=1S/C13H16F3NO3/c1-9(6-7-18)8-17-12(19)10-4-2-3-5-11(10)20-13(14,15)16/h2-5,9,18H,6-8H2,1H3,(H,17,19). The second kappa shape index (κ2) is 7.14. The molecule has 0 aliphatic carbocycles. The molecule has 1 amide bonds. The summed E-state index contributed by atoms with van der Waals surface area (Å²) in [5, 5.41) is 11.2. The van der Waals surface area contributed by atoms with E-state index < -0.39 is 18.0 Å². The zero-order valence-corrected chi connectivity index (χ0v) is 10.9. The van der Waals surface area contributed by atoms with Gasteiger partial charge in [0.25, 0.3) is 5.91 Å². The summed E-state index contributed by atoms with van der Waals surface area (Å²) in [6.45, 7) is 2.07. The summed E-state index contributed by atoms with van der Waals surface area (Å²) in [5.41, 5.74) is -0.180. The molecule has 1 aromatic carbocycles. The molecule has 1 atom stereocenters. The van der Waals surface area contributed by atoms with Gasteiger partial charge in [-0.3, -0.25) is 4.79 Å². The van der Waals surface area contributed by atoms with E-state index in [0.29, 0.717) is 6.42 Å². The number of hydrogen-bond donors (Lipinski definition) is 2. The first-order valence-corrected chi connectivity index (χ1v) is 6.07. The molecule has 2 N–H and O–H groups in total. The Labute approximate surface area is 114 Å². The minimum absolute atomic E-state index is 0.00912. The smallest absolute Gasteiger partial charge is 0.405 e. The number of nitrogens with one attached hydrogen (secondary N) is 1. The first kappa shape index (κ1) is 16.3. The summed E-state index contributed by atoms with van der Waals surface area (Å²) in [6.07, 6.45) is -4.35. The molecular weight excluding hydrogens is 275 g/mol. The number of ether oxygens (including phenoxy) is 1. The lowest BCUT2D eigenvalue weighted by atomic mass is 10.1. The normalized spacial score (nSPS) is 12.8. The van der Waals surface area contributed by atoms with Gasteiger partial charge in [-0.15, -0.1) is 13.2 Å². The predicted octanol–water partition coefficient (Wildman–Crippen LogP) is 2.33. The van der Waals surface area contributed by atoms with Crippen LogP contribution in [0.5, 0.6) is 5.75 Å². The third kappa shape index (κ3) is 5.48. The molecule has 1 aromatic rings. The number of alkyl halides is 3. The van der Waals surface area contributed by atoms with Gasteiger partial charge in [-0.1, -0.05) is 19.1 Å². The average Bonchev–Trinajstić information content (AvgIpc) is 2.35. The van der Waals surface area contributed by atoms with Crippen molar-refractivity contribution in [3.63, 3.8) is 0 Å². The van der Waals surface area contributed by atoms with Gasteiger partial charge in [-0.2, -0.15) is 0 Å². The molecule has 0 bridgehead atoms. The number of carbonyl (C=O) groups is 1. The van der Waals surface area contributed by atoms with E-state index in [1.807, 2.05) is 6.92 Å². The second-order valence-corrected chi connectivity index (χ2v) is 4.37. The maximum absolute atomic E-state index is 12.2. The molecule has 7 heteroatoms. The van der Waals surface area contributed by atoms with Crippen LogP contribution < -0.4 is 10.1 Å². The maximum atomic E-state index is 12.2. The Balaban J connectivity index is 2.73. The predicted molar refractivity (Wildman–Crippen MR) is 66.3 cm³/mol. The number of amides is 1. The largest absolute Gasteiger partial charge is 0.573 e. The van der Waals surface area contributed by atoms with Crippen molar-refractivity contribution in [2.45, 2.75) is 19.7 Å². The van der Waals surface area contributed by atoms with Crippen molar-refractivity contribution in [2.24, 2.45) is 5.92 Å². The van der Waals surface area contributed by atoms with Crippen molar-refractivity contribution in [3.05, 3.63) is 29.8 Å². The van der Waals surface area contributed by atoms with E-state index in [-0.39, 0.29) is 24.6 Å². The van der Waals surface area contributed by atoms with E-state index in [0.717, 1.165) is 6.07 Å². The molecule has 0 aliphatic heterocycles. The Bertz CT molecular complexity index is 449. The number of aliphatic hydroxyl groups excluding tert-OH is 1. The highest BCUT2D eigenvalue weighted by atomic mass is 19.4. The van der Waals surface area contributed by atoms with Gasteiger partial charge in [-0.25, -0.2) is 0 Å². The fourth-order valence-corrected chi connectivity index (χ4v) is 1.55. The molecule has 1 rings (SSSR count). The van der Waals surface area contributed by atoms with E-state index in [9.17, 15) is 18.0 Å². The van der Waals surface area contributed by atoms with Gasteiger partial charge in [0.05, 0.1) is 5.56 Å². The zero-order valence-electron chi connectivity index (χ0n) is 10.9. The fourth-order valence-electron chi connectivity index (χ4n) is 1.55. The molecule has 0 saturated heterocycles. The Morgan fingerprint density at radius 1 is 1.40 bits per heavy atom. The summed E-state index contributed by atoms with van der Waals surface area (Å²) in [7, 11) is 0. The molecule has 20 heavy (non-hydrogen) atoms. The van der Waals surface area contributed by atoms with Gasteiger partial charge >= 0.3 is 6.36 Å². The molecule has 112 valence electrons. The molecule has 4 nitrogen and oxygen atoms in total. The van der Waals surface area contributed by atoms with Crippen molar-refractivity contribution in [2.75, 3.05) is 13.2 Å². The molecule has 1 unspecified atom stereocenters. The number of carbonyl (C=O) groups excluding carboxylic acids is 1. The van der Waals surface area contributed by atoms with Crippen LogP contribution in [0, 0.1) is 5.92 Å². The van der Waals surface area contributed by atoms with E-state index in [1.165, 1.54) is 18.2 Å². The van der Waals surface area contributed by atoms with Crippen LogP contribution in [0.3, 0.4) is 0 Å². The first-order valence-electron chi connectivity index (χ1n) is 6.07. The number of halogens is 3. The van der Waals surface area contributed by atoms with E-state index >= 15 is 0 Å². The highest BCUT2D eigenvalue weighted by molar-refractivity contribution is 5.96. The molecule has 0 radical (unpaired) electrons. The Hall–Kier alpha value is -1.76. The minimum Gasteiger partial charge on any atom is -0.405 e. The summed E-state index contributed by atoms with van der Waals surface area (Å²) >= 11 is 0. The minimum atomic E-state index is -4.85. The van der Waals surface area contributed by atoms with Crippen molar-refractivity contribution in [1.82, 2.24) is 5.32 Å². The summed E-state index contributed by atoms with van der Waals surface area (Å²) < 4.78 is 40.5. The molecule has 0 saturated carbocycles.